The van der Waals surface area contributed by atoms with Crippen LogP contribution in [0.3, 0.4) is 0 Å². The molecule has 138 valence electrons. The zero-order valence-electron chi connectivity index (χ0n) is 14.2. The first-order valence-electron chi connectivity index (χ1n) is 7.99. The monoisotopic (exact) mass is 410 g/mol. The summed E-state index contributed by atoms with van der Waals surface area (Å²) in [5, 5.41) is 14.5. The van der Waals surface area contributed by atoms with Crippen LogP contribution in [0.1, 0.15) is 10.4 Å². The van der Waals surface area contributed by atoms with E-state index in [4.69, 9.17) is 21.8 Å². The first-order chi connectivity index (χ1) is 13.6. The minimum Gasteiger partial charge on any atom is -0.430 e. The van der Waals surface area contributed by atoms with E-state index in [1.165, 1.54) is 0 Å². The second-order valence-corrected chi connectivity index (χ2v) is 6.99. The smallest absolute Gasteiger partial charge is 0.259 e. The van der Waals surface area contributed by atoms with Gasteiger partial charge in [0.2, 0.25) is 0 Å². The highest BCUT2D eigenvalue weighted by Crippen LogP contribution is 2.28. The molecule has 0 amide bonds. The Morgan fingerprint density at radius 3 is 2.82 bits per heavy atom. The fourth-order valence-corrected chi connectivity index (χ4v) is 3.33. The number of aromatic nitrogens is 4. The highest BCUT2D eigenvalue weighted by molar-refractivity contribution is 7.99. The Morgan fingerprint density at radius 1 is 1.32 bits per heavy atom. The van der Waals surface area contributed by atoms with Crippen LogP contribution in [0.2, 0.25) is 5.02 Å². The summed E-state index contributed by atoms with van der Waals surface area (Å²) in [6.07, 6.45) is 1.61. The van der Waals surface area contributed by atoms with Gasteiger partial charge >= 0.3 is 0 Å². The van der Waals surface area contributed by atoms with Gasteiger partial charge in [-0.05, 0) is 24.3 Å². The van der Waals surface area contributed by atoms with Crippen molar-refractivity contribution in [1.29, 1.82) is 5.26 Å². The lowest BCUT2D eigenvalue weighted by Crippen LogP contribution is -2.17. The highest BCUT2D eigenvalue weighted by Gasteiger charge is 2.21. The molecule has 0 saturated heterocycles. The van der Waals surface area contributed by atoms with Crippen molar-refractivity contribution in [3.63, 3.8) is 0 Å². The van der Waals surface area contributed by atoms with Crippen LogP contribution in [0, 0.1) is 11.3 Å². The van der Waals surface area contributed by atoms with Crippen molar-refractivity contribution in [2.45, 2.75) is 5.22 Å². The third kappa shape index (κ3) is 3.31. The van der Waals surface area contributed by atoms with E-state index in [1.54, 1.807) is 42.6 Å². The number of nitrogens with two attached hydrogens (primary N) is 1. The van der Waals surface area contributed by atoms with Gasteiger partial charge in [-0.3, -0.25) is 4.79 Å². The molecule has 2 N–H and O–H groups in total. The average Bonchev–Trinajstić information content (AvgIpc) is 3.27. The number of nitrogen functional groups attached to an aromatic ring is 1. The van der Waals surface area contributed by atoms with Crippen molar-refractivity contribution in [3.05, 3.63) is 53.2 Å². The number of hydrogen-bond donors (Lipinski definition) is 1. The van der Waals surface area contributed by atoms with E-state index in [0.717, 1.165) is 16.4 Å². The fraction of sp³-hybridized carbons (Fsp3) is 0.0556. The van der Waals surface area contributed by atoms with Crippen LogP contribution in [0.15, 0.2) is 52.2 Å². The zero-order chi connectivity index (χ0) is 19.7. The number of halogens is 1. The maximum atomic E-state index is 12.6. The molecule has 4 rings (SSSR count). The third-order valence-electron chi connectivity index (χ3n) is 3.85. The predicted octanol–water partition coefficient (Wildman–Crippen LogP) is 3.63. The molecule has 0 unspecified atom stereocenters. The number of nitrogens with zero attached hydrogens (tertiary/aromatic N) is 5. The summed E-state index contributed by atoms with van der Waals surface area (Å²) in [6, 6.07) is 12.2. The van der Waals surface area contributed by atoms with Crippen molar-refractivity contribution in [1.82, 2.24) is 19.7 Å². The number of anilines is 1. The summed E-state index contributed by atoms with van der Waals surface area (Å²) in [7, 11) is 0. The minimum atomic E-state index is -0.408. The molecule has 0 aliphatic carbocycles. The van der Waals surface area contributed by atoms with Crippen LogP contribution >= 0.6 is 23.4 Å². The van der Waals surface area contributed by atoms with E-state index < -0.39 is 5.91 Å². The zero-order valence-corrected chi connectivity index (χ0v) is 15.7. The summed E-state index contributed by atoms with van der Waals surface area (Å²) in [4.78, 5) is 20.9. The van der Waals surface area contributed by atoms with Crippen LogP contribution in [-0.4, -0.2) is 31.4 Å². The second-order valence-electron chi connectivity index (χ2n) is 5.63. The number of pyridine rings is 1. The summed E-state index contributed by atoms with van der Waals surface area (Å²) >= 11 is 6.99. The van der Waals surface area contributed by atoms with E-state index in [2.05, 4.69) is 15.1 Å². The number of carbonyl (C=O) groups excluding carboxylic acids is 1. The number of rotatable bonds is 4. The summed E-state index contributed by atoms with van der Waals surface area (Å²) in [5.41, 5.74) is 8.07. The average molecular weight is 411 g/mol. The molecule has 1 aromatic carbocycles. The van der Waals surface area contributed by atoms with Gasteiger partial charge in [0.25, 0.3) is 11.1 Å². The Bertz CT molecular complexity index is 1190. The van der Waals surface area contributed by atoms with Gasteiger partial charge in [0.1, 0.15) is 23.1 Å². The molecule has 0 atom stereocenters. The number of fused-ring (bicyclic) bond motifs is 1. The Hall–Kier alpha value is -3.35. The van der Waals surface area contributed by atoms with Crippen molar-refractivity contribution in [3.8, 4) is 17.3 Å². The molecule has 28 heavy (non-hydrogen) atoms. The molecule has 4 aromatic rings. The maximum absolute atomic E-state index is 12.6. The summed E-state index contributed by atoms with van der Waals surface area (Å²) in [6.45, 7) is 0. The van der Waals surface area contributed by atoms with E-state index in [-0.39, 0.29) is 17.1 Å². The first-order valence-corrected chi connectivity index (χ1v) is 9.35. The fourth-order valence-electron chi connectivity index (χ4n) is 2.54. The molecule has 0 fully saturated rings. The van der Waals surface area contributed by atoms with Gasteiger partial charge in [-0.25, -0.2) is 4.98 Å². The molecular formula is C18H11ClN6O2S. The molecule has 10 heteroatoms. The number of thioether (sulfide) groups is 1. The SMILES string of the molecule is N#Cc1c(-c2ccc(Cl)cc2)nn(C(=O)CSc2nc3ncccc3o2)c1N. The molecule has 0 aliphatic heterocycles. The third-order valence-corrected chi connectivity index (χ3v) is 4.92. The molecule has 0 spiro atoms. The quantitative estimate of drug-likeness (QED) is 0.506. The lowest BCUT2D eigenvalue weighted by atomic mass is 10.1. The standard InChI is InChI=1S/C18H11ClN6O2S/c19-11-5-3-10(4-6-11)15-12(8-20)16(21)25(24-15)14(26)9-28-18-23-17-13(27-18)2-1-7-22-17/h1-7H,9,21H2. The summed E-state index contributed by atoms with van der Waals surface area (Å²) in [5.74, 6) is -0.449. The largest absolute Gasteiger partial charge is 0.430 e. The van der Waals surface area contributed by atoms with Crippen molar-refractivity contribution >= 4 is 46.3 Å². The van der Waals surface area contributed by atoms with Crippen molar-refractivity contribution < 1.29 is 9.21 Å². The van der Waals surface area contributed by atoms with Crippen molar-refractivity contribution in [2.75, 3.05) is 11.5 Å². The number of hydrogen-bond acceptors (Lipinski definition) is 8. The highest BCUT2D eigenvalue weighted by atomic mass is 35.5. The van der Waals surface area contributed by atoms with Gasteiger partial charge < -0.3 is 10.2 Å². The normalized spacial score (nSPS) is 10.9. The molecule has 8 nitrogen and oxygen atoms in total. The first kappa shape index (κ1) is 18.0. The van der Waals surface area contributed by atoms with Gasteiger partial charge in [0.05, 0.1) is 5.75 Å². The van der Waals surface area contributed by atoms with E-state index in [0.29, 0.717) is 32.7 Å². The van der Waals surface area contributed by atoms with E-state index >= 15 is 0 Å². The van der Waals surface area contributed by atoms with E-state index in [1.807, 2.05) is 6.07 Å². The van der Waals surface area contributed by atoms with Crippen molar-refractivity contribution in [2.24, 2.45) is 0 Å². The van der Waals surface area contributed by atoms with Crippen LogP contribution in [0.25, 0.3) is 22.5 Å². The Labute approximate surface area is 167 Å². The number of benzene rings is 1. The number of nitriles is 1. The lowest BCUT2D eigenvalue weighted by Gasteiger charge is -2.00. The van der Waals surface area contributed by atoms with Gasteiger partial charge in [0, 0.05) is 16.8 Å². The predicted molar refractivity (Wildman–Crippen MR) is 105 cm³/mol. The molecule has 0 bridgehead atoms. The second kappa shape index (κ2) is 7.34. The molecule has 3 aromatic heterocycles. The molecule has 0 radical (unpaired) electrons. The molecule has 0 saturated carbocycles. The Morgan fingerprint density at radius 2 is 2.11 bits per heavy atom. The topological polar surface area (TPSA) is 124 Å². The van der Waals surface area contributed by atoms with Gasteiger partial charge in [-0.2, -0.15) is 20.0 Å². The van der Waals surface area contributed by atoms with Gasteiger partial charge in [0.15, 0.2) is 11.2 Å². The van der Waals surface area contributed by atoms with Gasteiger partial charge in [-0.1, -0.05) is 35.5 Å². The molecular weight excluding hydrogens is 400 g/mol. The maximum Gasteiger partial charge on any atom is 0.259 e. The van der Waals surface area contributed by atoms with Crippen LogP contribution in [0.5, 0.6) is 0 Å². The Kier molecular flexibility index (Phi) is 4.73. The number of carbonyl (C=O) groups is 1. The molecule has 0 aliphatic rings. The number of oxazole rings is 1. The van der Waals surface area contributed by atoms with Crippen LogP contribution in [-0.2, 0) is 0 Å². The van der Waals surface area contributed by atoms with Gasteiger partial charge in [-0.15, -0.1) is 0 Å². The summed E-state index contributed by atoms with van der Waals surface area (Å²) < 4.78 is 6.55. The van der Waals surface area contributed by atoms with Crippen LogP contribution < -0.4 is 5.73 Å². The lowest BCUT2D eigenvalue weighted by molar-refractivity contribution is 0.0929. The Balaban J connectivity index is 1.58. The van der Waals surface area contributed by atoms with Crippen LogP contribution in [0.4, 0.5) is 5.82 Å². The van der Waals surface area contributed by atoms with E-state index in [9.17, 15) is 10.1 Å². The molecule has 3 heterocycles. The minimum absolute atomic E-state index is 0.0164.